The summed E-state index contributed by atoms with van der Waals surface area (Å²) in [4.78, 5) is 2.31. The number of hydrogen-bond acceptors (Lipinski definition) is 3. The van der Waals surface area contributed by atoms with Crippen LogP contribution in [0, 0.1) is 0 Å². The lowest BCUT2D eigenvalue weighted by atomic mass is 10.1. The molecule has 3 nitrogen and oxygen atoms in total. The van der Waals surface area contributed by atoms with E-state index < -0.39 is 0 Å². The second-order valence-electron chi connectivity index (χ2n) is 4.18. The number of aromatic hydroxyl groups is 1. The number of piperidine rings is 1. The van der Waals surface area contributed by atoms with Gasteiger partial charge in [-0.2, -0.15) is 0 Å². The van der Waals surface area contributed by atoms with Crippen LogP contribution in [-0.4, -0.2) is 34.3 Å². The van der Waals surface area contributed by atoms with Crippen LogP contribution < -0.4 is 0 Å². The third-order valence-electron chi connectivity index (χ3n) is 2.87. The Morgan fingerprint density at radius 2 is 2.00 bits per heavy atom. The number of aliphatic hydroxyl groups is 1. The predicted octanol–water partition coefficient (Wildman–Crippen LogP) is 1.35. The molecule has 0 aliphatic carbocycles. The summed E-state index contributed by atoms with van der Waals surface area (Å²) in [6.45, 7) is 2.74. The average Bonchev–Trinajstić information content (AvgIpc) is 2.22. The van der Waals surface area contributed by atoms with E-state index in [1.54, 1.807) is 12.1 Å². The third-order valence-corrected chi connectivity index (χ3v) is 2.87. The van der Waals surface area contributed by atoms with Crippen molar-refractivity contribution in [2.24, 2.45) is 0 Å². The maximum absolute atomic E-state index is 9.37. The molecule has 1 aliphatic heterocycles. The Morgan fingerprint density at radius 3 is 2.67 bits per heavy atom. The fraction of sp³-hybridized carbons (Fsp3) is 0.500. The van der Waals surface area contributed by atoms with Gasteiger partial charge in [0.2, 0.25) is 0 Å². The van der Waals surface area contributed by atoms with Crippen molar-refractivity contribution >= 4 is 0 Å². The number of phenolic OH excluding ortho intramolecular Hbond substituents is 1. The first-order chi connectivity index (χ1) is 7.24. The molecule has 1 aliphatic rings. The fourth-order valence-corrected chi connectivity index (χ4v) is 1.99. The van der Waals surface area contributed by atoms with Gasteiger partial charge in [0.15, 0.2) is 0 Å². The van der Waals surface area contributed by atoms with E-state index in [9.17, 15) is 10.2 Å². The number of benzene rings is 1. The van der Waals surface area contributed by atoms with Crippen molar-refractivity contribution < 1.29 is 10.2 Å². The van der Waals surface area contributed by atoms with Crippen LogP contribution in [0.4, 0.5) is 0 Å². The standard InChI is InChI=1S/C12H17NO2/c14-11-4-6-13(7-5-11)9-10-2-1-3-12(15)8-10/h1-3,8,11,14-15H,4-7,9H2. The summed E-state index contributed by atoms with van der Waals surface area (Å²) in [5.74, 6) is 0.324. The monoisotopic (exact) mass is 207 g/mol. The molecule has 1 heterocycles. The van der Waals surface area contributed by atoms with Gasteiger partial charge in [-0.3, -0.25) is 4.90 Å². The highest BCUT2D eigenvalue weighted by molar-refractivity contribution is 5.26. The van der Waals surface area contributed by atoms with E-state index in [-0.39, 0.29) is 6.10 Å². The SMILES string of the molecule is Oc1cccc(CN2CCC(O)CC2)c1. The molecule has 0 saturated carbocycles. The molecule has 0 aromatic heterocycles. The molecule has 1 aromatic carbocycles. The van der Waals surface area contributed by atoms with Gasteiger partial charge in [0.1, 0.15) is 5.75 Å². The normalized spacial score (nSPS) is 19.3. The van der Waals surface area contributed by atoms with Crippen LogP contribution >= 0.6 is 0 Å². The van der Waals surface area contributed by atoms with E-state index in [2.05, 4.69) is 4.90 Å². The van der Waals surface area contributed by atoms with Crippen molar-refractivity contribution in [1.29, 1.82) is 0 Å². The Kier molecular flexibility index (Phi) is 3.23. The zero-order valence-electron chi connectivity index (χ0n) is 8.76. The predicted molar refractivity (Wildman–Crippen MR) is 58.6 cm³/mol. The van der Waals surface area contributed by atoms with Crippen LogP contribution in [-0.2, 0) is 6.54 Å². The Balaban J connectivity index is 1.92. The van der Waals surface area contributed by atoms with Gasteiger partial charge in [0, 0.05) is 19.6 Å². The minimum absolute atomic E-state index is 0.120. The number of nitrogens with zero attached hydrogens (tertiary/aromatic N) is 1. The molecule has 1 saturated heterocycles. The van der Waals surface area contributed by atoms with Gasteiger partial charge < -0.3 is 10.2 Å². The average molecular weight is 207 g/mol. The Labute approximate surface area is 90.0 Å². The summed E-state index contributed by atoms with van der Waals surface area (Å²) in [5.41, 5.74) is 1.13. The van der Waals surface area contributed by atoms with E-state index in [1.807, 2.05) is 12.1 Å². The second kappa shape index (κ2) is 4.64. The molecule has 3 heteroatoms. The highest BCUT2D eigenvalue weighted by Crippen LogP contribution is 2.16. The highest BCUT2D eigenvalue weighted by atomic mass is 16.3. The Bertz CT molecular complexity index is 319. The number of likely N-dealkylation sites (tertiary alicyclic amines) is 1. The molecule has 15 heavy (non-hydrogen) atoms. The molecular weight excluding hydrogens is 190 g/mol. The minimum Gasteiger partial charge on any atom is -0.508 e. The van der Waals surface area contributed by atoms with Gasteiger partial charge in [-0.05, 0) is 30.5 Å². The van der Waals surface area contributed by atoms with E-state index in [1.165, 1.54) is 0 Å². The number of phenols is 1. The smallest absolute Gasteiger partial charge is 0.115 e. The molecule has 0 bridgehead atoms. The molecule has 1 aromatic rings. The van der Waals surface area contributed by atoms with E-state index in [0.717, 1.165) is 38.0 Å². The molecule has 0 unspecified atom stereocenters. The van der Waals surface area contributed by atoms with Crippen molar-refractivity contribution in [3.05, 3.63) is 29.8 Å². The van der Waals surface area contributed by atoms with Crippen molar-refractivity contribution in [2.45, 2.75) is 25.5 Å². The number of hydrogen-bond donors (Lipinski definition) is 2. The summed E-state index contributed by atoms with van der Waals surface area (Å²) in [7, 11) is 0. The fourth-order valence-electron chi connectivity index (χ4n) is 1.99. The van der Waals surface area contributed by atoms with Crippen LogP contribution in [0.25, 0.3) is 0 Å². The van der Waals surface area contributed by atoms with Crippen LogP contribution in [0.3, 0.4) is 0 Å². The van der Waals surface area contributed by atoms with Gasteiger partial charge in [-0.25, -0.2) is 0 Å². The van der Waals surface area contributed by atoms with Crippen molar-refractivity contribution in [2.75, 3.05) is 13.1 Å². The molecule has 2 N–H and O–H groups in total. The summed E-state index contributed by atoms with van der Waals surface area (Å²) in [5, 5.41) is 18.7. The first-order valence-electron chi connectivity index (χ1n) is 5.42. The van der Waals surface area contributed by atoms with Gasteiger partial charge in [-0.15, -0.1) is 0 Å². The Morgan fingerprint density at radius 1 is 1.27 bits per heavy atom. The molecule has 0 amide bonds. The molecule has 1 fully saturated rings. The van der Waals surface area contributed by atoms with Crippen molar-refractivity contribution in [3.63, 3.8) is 0 Å². The minimum atomic E-state index is -0.120. The molecule has 0 radical (unpaired) electrons. The van der Waals surface area contributed by atoms with Gasteiger partial charge in [0.25, 0.3) is 0 Å². The first kappa shape index (κ1) is 10.5. The lowest BCUT2D eigenvalue weighted by Crippen LogP contribution is -2.35. The first-order valence-corrected chi connectivity index (χ1v) is 5.42. The van der Waals surface area contributed by atoms with Crippen LogP contribution in [0.2, 0.25) is 0 Å². The van der Waals surface area contributed by atoms with E-state index in [4.69, 9.17) is 0 Å². The quantitative estimate of drug-likeness (QED) is 0.769. The maximum Gasteiger partial charge on any atom is 0.115 e. The van der Waals surface area contributed by atoms with E-state index in [0.29, 0.717) is 5.75 Å². The highest BCUT2D eigenvalue weighted by Gasteiger charge is 2.16. The lowest BCUT2D eigenvalue weighted by molar-refractivity contribution is 0.0792. The summed E-state index contributed by atoms with van der Waals surface area (Å²) in [6, 6.07) is 7.36. The Hall–Kier alpha value is -1.06. The van der Waals surface area contributed by atoms with Gasteiger partial charge in [0.05, 0.1) is 6.10 Å². The summed E-state index contributed by atoms with van der Waals surface area (Å²) >= 11 is 0. The lowest BCUT2D eigenvalue weighted by Gasteiger charge is -2.29. The van der Waals surface area contributed by atoms with Gasteiger partial charge in [-0.1, -0.05) is 12.1 Å². The van der Waals surface area contributed by atoms with Gasteiger partial charge >= 0.3 is 0 Å². The zero-order valence-corrected chi connectivity index (χ0v) is 8.76. The third kappa shape index (κ3) is 2.94. The maximum atomic E-state index is 9.37. The molecule has 82 valence electrons. The number of aliphatic hydroxyl groups excluding tert-OH is 1. The van der Waals surface area contributed by atoms with Crippen molar-refractivity contribution in [1.82, 2.24) is 4.90 Å². The van der Waals surface area contributed by atoms with Crippen molar-refractivity contribution in [3.8, 4) is 5.75 Å². The van der Waals surface area contributed by atoms with Crippen LogP contribution in [0.1, 0.15) is 18.4 Å². The molecule has 0 spiro atoms. The largest absolute Gasteiger partial charge is 0.508 e. The van der Waals surface area contributed by atoms with Crippen LogP contribution in [0.15, 0.2) is 24.3 Å². The summed E-state index contributed by atoms with van der Waals surface area (Å²) in [6.07, 6.45) is 1.60. The molecule has 0 atom stereocenters. The summed E-state index contributed by atoms with van der Waals surface area (Å²) < 4.78 is 0. The topological polar surface area (TPSA) is 43.7 Å². The second-order valence-corrected chi connectivity index (χ2v) is 4.18. The van der Waals surface area contributed by atoms with E-state index >= 15 is 0 Å². The molecule has 2 rings (SSSR count). The zero-order chi connectivity index (χ0) is 10.7. The number of rotatable bonds is 2. The molecular formula is C12H17NO2. The van der Waals surface area contributed by atoms with Crippen LogP contribution in [0.5, 0.6) is 5.75 Å².